The fourth-order valence-corrected chi connectivity index (χ4v) is 3.10. The predicted octanol–water partition coefficient (Wildman–Crippen LogP) is 3.94. The Morgan fingerprint density at radius 2 is 1.95 bits per heavy atom. The molecule has 0 atom stereocenters. The zero-order valence-corrected chi connectivity index (χ0v) is 13.2. The van der Waals surface area contributed by atoms with Gasteiger partial charge in [0.2, 0.25) is 0 Å². The van der Waals surface area contributed by atoms with Gasteiger partial charge in [0, 0.05) is 19.5 Å². The second-order valence-electron chi connectivity index (χ2n) is 5.37. The highest BCUT2D eigenvalue weighted by atomic mass is 32.1. The summed E-state index contributed by atoms with van der Waals surface area (Å²) in [6, 6.07) is 8.22. The number of nitrogens with two attached hydrogens (primary N) is 1. The van der Waals surface area contributed by atoms with Gasteiger partial charge in [-0.3, -0.25) is 4.79 Å². The maximum Gasteiger partial charge on any atom is 0.177 e. The number of anilines is 2. The minimum absolute atomic E-state index is 0.0683. The lowest BCUT2D eigenvalue weighted by Crippen LogP contribution is -2.14. The normalized spacial score (nSPS) is 10.9. The first-order valence-corrected chi connectivity index (χ1v) is 7.59. The maximum atomic E-state index is 12.9. The Morgan fingerprint density at radius 3 is 2.52 bits per heavy atom. The van der Waals surface area contributed by atoms with E-state index in [1.807, 2.05) is 31.9 Å². The van der Waals surface area contributed by atoms with E-state index >= 15 is 0 Å². The standard InChI is InChI=1S/C16H19FN2OS/c1-10(2)15(20)16-13(18)8-14(21-16)19(3)9-11-4-6-12(17)7-5-11/h4-8,10H,9,18H2,1-3H3. The van der Waals surface area contributed by atoms with Gasteiger partial charge in [0.25, 0.3) is 0 Å². The number of nitrogen functional groups attached to an aromatic ring is 1. The summed E-state index contributed by atoms with van der Waals surface area (Å²) < 4.78 is 12.9. The number of rotatable bonds is 5. The fourth-order valence-electron chi connectivity index (χ4n) is 1.98. The Labute approximate surface area is 128 Å². The van der Waals surface area contributed by atoms with Crippen LogP contribution in [0.25, 0.3) is 0 Å². The first kappa shape index (κ1) is 15.5. The molecule has 112 valence electrons. The van der Waals surface area contributed by atoms with Gasteiger partial charge in [-0.2, -0.15) is 0 Å². The number of thiophene rings is 1. The van der Waals surface area contributed by atoms with Crippen molar-refractivity contribution < 1.29 is 9.18 Å². The van der Waals surface area contributed by atoms with Crippen LogP contribution in [0.2, 0.25) is 0 Å². The van der Waals surface area contributed by atoms with E-state index in [1.54, 1.807) is 12.1 Å². The van der Waals surface area contributed by atoms with E-state index < -0.39 is 0 Å². The van der Waals surface area contributed by atoms with Gasteiger partial charge in [-0.1, -0.05) is 26.0 Å². The van der Waals surface area contributed by atoms with Gasteiger partial charge in [-0.15, -0.1) is 11.3 Å². The van der Waals surface area contributed by atoms with Crippen LogP contribution in [0.1, 0.15) is 29.1 Å². The summed E-state index contributed by atoms with van der Waals surface area (Å²) in [5, 5.41) is 0.931. The molecule has 2 aromatic rings. The van der Waals surface area contributed by atoms with Crippen LogP contribution in [0.15, 0.2) is 30.3 Å². The van der Waals surface area contributed by atoms with E-state index in [0.29, 0.717) is 17.1 Å². The molecule has 0 aliphatic rings. The first-order valence-electron chi connectivity index (χ1n) is 6.77. The lowest BCUT2D eigenvalue weighted by atomic mass is 10.1. The average Bonchev–Trinajstić information content (AvgIpc) is 2.82. The largest absolute Gasteiger partial charge is 0.397 e. The monoisotopic (exact) mass is 306 g/mol. The highest BCUT2D eigenvalue weighted by Gasteiger charge is 2.18. The lowest BCUT2D eigenvalue weighted by Gasteiger charge is -2.16. The summed E-state index contributed by atoms with van der Waals surface area (Å²) in [7, 11) is 1.93. The second kappa shape index (κ2) is 6.26. The van der Waals surface area contributed by atoms with E-state index in [9.17, 15) is 9.18 Å². The molecule has 1 aromatic carbocycles. The van der Waals surface area contributed by atoms with Gasteiger partial charge < -0.3 is 10.6 Å². The summed E-state index contributed by atoms with van der Waals surface area (Å²) in [6.45, 7) is 4.36. The summed E-state index contributed by atoms with van der Waals surface area (Å²) in [5.74, 6) is -0.244. The van der Waals surface area contributed by atoms with Crippen molar-refractivity contribution in [2.45, 2.75) is 20.4 Å². The molecule has 2 rings (SSSR count). The van der Waals surface area contributed by atoms with E-state index in [4.69, 9.17) is 5.73 Å². The molecule has 0 aliphatic carbocycles. The fraction of sp³-hybridized carbons (Fsp3) is 0.312. The lowest BCUT2D eigenvalue weighted by molar-refractivity contribution is 0.0944. The first-order chi connectivity index (χ1) is 9.88. The number of ketones is 1. The van der Waals surface area contributed by atoms with Crippen molar-refractivity contribution in [3.05, 3.63) is 46.6 Å². The van der Waals surface area contributed by atoms with Gasteiger partial charge in [0.1, 0.15) is 5.82 Å². The third-order valence-corrected chi connectivity index (χ3v) is 4.48. The number of benzene rings is 1. The predicted molar refractivity (Wildman–Crippen MR) is 86.4 cm³/mol. The Balaban J connectivity index is 2.16. The van der Waals surface area contributed by atoms with Crippen molar-refractivity contribution >= 4 is 27.8 Å². The molecule has 0 bridgehead atoms. The molecule has 0 aliphatic heterocycles. The molecule has 0 saturated carbocycles. The van der Waals surface area contributed by atoms with Gasteiger partial charge in [-0.25, -0.2) is 4.39 Å². The number of carbonyl (C=O) groups excluding carboxylic acids is 1. The number of hydrogen-bond acceptors (Lipinski definition) is 4. The molecule has 3 nitrogen and oxygen atoms in total. The Kier molecular flexibility index (Phi) is 4.63. The Hall–Kier alpha value is -1.88. The minimum atomic E-state index is -0.244. The highest BCUT2D eigenvalue weighted by molar-refractivity contribution is 7.18. The number of nitrogens with zero attached hydrogens (tertiary/aromatic N) is 1. The van der Waals surface area contributed by atoms with E-state index in [1.165, 1.54) is 23.5 Å². The zero-order valence-electron chi connectivity index (χ0n) is 12.4. The summed E-state index contributed by atoms with van der Waals surface area (Å²) >= 11 is 1.40. The van der Waals surface area contributed by atoms with Crippen molar-refractivity contribution in [2.24, 2.45) is 5.92 Å². The molecular formula is C16H19FN2OS. The third-order valence-electron chi connectivity index (χ3n) is 3.21. The molecule has 1 heterocycles. The second-order valence-corrected chi connectivity index (χ2v) is 6.40. The van der Waals surface area contributed by atoms with E-state index in [0.717, 1.165) is 10.6 Å². The molecule has 5 heteroatoms. The van der Waals surface area contributed by atoms with Crippen LogP contribution >= 0.6 is 11.3 Å². The van der Waals surface area contributed by atoms with Crippen molar-refractivity contribution in [1.29, 1.82) is 0 Å². The van der Waals surface area contributed by atoms with Gasteiger partial charge in [0.05, 0.1) is 15.6 Å². The van der Waals surface area contributed by atoms with E-state index in [-0.39, 0.29) is 17.5 Å². The number of hydrogen-bond donors (Lipinski definition) is 1. The number of carbonyl (C=O) groups is 1. The molecule has 0 amide bonds. The molecule has 21 heavy (non-hydrogen) atoms. The Bertz CT molecular complexity index is 634. The minimum Gasteiger partial charge on any atom is -0.397 e. The van der Waals surface area contributed by atoms with Crippen LogP contribution in [0.5, 0.6) is 0 Å². The van der Waals surface area contributed by atoms with Crippen LogP contribution in [0.4, 0.5) is 15.1 Å². The molecule has 0 unspecified atom stereocenters. The molecule has 2 N–H and O–H groups in total. The number of halogens is 1. The smallest absolute Gasteiger partial charge is 0.177 e. The Morgan fingerprint density at radius 1 is 1.33 bits per heavy atom. The maximum absolute atomic E-state index is 12.9. The average molecular weight is 306 g/mol. The van der Waals surface area contributed by atoms with Crippen LogP contribution in [-0.2, 0) is 6.54 Å². The molecule has 0 radical (unpaired) electrons. The van der Waals surface area contributed by atoms with E-state index in [2.05, 4.69) is 0 Å². The quantitative estimate of drug-likeness (QED) is 0.851. The summed E-state index contributed by atoms with van der Waals surface area (Å²) in [4.78, 5) is 14.7. The van der Waals surface area contributed by atoms with Crippen molar-refractivity contribution in [1.82, 2.24) is 0 Å². The SMILES string of the molecule is CC(C)C(=O)c1sc(N(C)Cc2ccc(F)cc2)cc1N. The van der Waals surface area contributed by atoms with Gasteiger partial charge in [0.15, 0.2) is 5.78 Å². The van der Waals surface area contributed by atoms with Crippen molar-refractivity contribution in [3.8, 4) is 0 Å². The highest BCUT2D eigenvalue weighted by Crippen LogP contribution is 2.33. The van der Waals surface area contributed by atoms with Gasteiger partial charge >= 0.3 is 0 Å². The van der Waals surface area contributed by atoms with Crippen LogP contribution in [0.3, 0.4) is 0 Å². The third kappa shape index (κ3) is 3.61. The molecule has 1 aromatic heterocycles. The topological polar surface area (TPSA) is 46.3 Å². The molecule has 0 saturated heterocycles. The summed E-state index contributed by atoms with van der Waals surface area (Å²) in [6.07, 6.45) is 0. The summed E-state index contributed by atoms with van der Waals surface area (Å²) in [5.41, 5.74) is 7.47. The molecule has 0 fully saturated rings. The van der Waals surface area contributed by atoms with Crippen LogP contribution in [0, 0.1) is 11.7 Å². The van der Waals surface area contributed by atoms with Crippen molar-refractivity contribution in [2.75, 3.05) is 17.7 Å². The van der Waals surface area contributed by atoms with Crippen LogP contribution in [-0.4, -0.2) is 12.8 Å². The molecule has 0 spiro atoms. The number of Topliss-reactive ketones (excluding diaryl/α,β-unsaturated/α-hetero) is 1. The van der Waals surface area contributed by atoms with Crippen molar-refractivity contribution in [3.63, 3.8) is 0 Å². The zero-order chi connectivity index (χ0) is 15.6. The molecular weight excluding hydrogens is 287 g/mol. The van der Waals surface area contributed by atoms with Crippen LogP contribution < -0.4 is 10.6 Å². The van der Waals surface area contributed by atoms with Gasteiger partial charge in [-0.05, 0) is 23.8 Å².